The molecule has 1 aromatic rings. The van der Waals surface area contributed by atoms with E-state index in [0.717, 1.165) is 16.5 Å². The number of ether oxygens (including phenoxy) is 12. The maximum absolute atomic E-state index is 13.0. The normalized spacial score (nSPS) is 15.8. The number of amides is 2. The van der Waals surface area contributed by atoms with E-state index in [1.165, 1.54) is 18.2 Å². The molecule has 0 bridgehead atoms. The summed E-state index contributed by atoms with van der Waals surface area (Å²) in [4.78, 5) is 43.9. The molecule has 91 heavy (non-hydrogen) atoms. The van der Waals surface area contributed by atoms with Crippen LogP contribution in [0.15, 0.2) is 69.6 Å². The number of fused-ring (bicyclic) bond motifs is 2. The molecule has 0 saturated carbocycles. The van der Waals surface area contributed by atoms with Crippen molar-refractivity contribution in [3.05, 3.63) is 82.6 Å². The van der Waals surface area contributed by atoms with Gasteiger partial charge in [0.25, 0.3) is 11.8 Å². The van der Waals surface area contributed by atoms with Crippen LogP contribution in [0.25, 0.3) is 17.4 Å². The second kappa shape index (κ2) is 42.3. The summed E-state index contributed by atoms with van der Waals surface area (Å²) < 4.78 is 148. The van der Waals surface area contributed by atoms with Crippen molar-refractivity contribution in [1.29, 1.82) is 0 Å². The molecule has 1 aliphatic carbocycles. The molecule has 3 aliphatic heterocycles. The van der Waals surface area contributed by atoms with Crippen molar-refractivity contribution >= 4 is 49.8 Å². The van der Waals surface area contributed by atoms with Crippen LogP contribution in [-0.2, 0) is 107 Å². The minimum Gasteiger partial charge on any atom is -0.748 e. The molecular formula is C62H92N3NaO23S2. The van der Waals surface area contributed by atoms with Gasteiger partial charge >= 0.3 is 35.5 Å². The van der Waals surface area contributed by atoms with Crippen LogP contribution >= 0.6 is 0 Å². The average Bonchev–Trinajstić information content (AvgIpc) is 1.60. The van der Waals surface area contributed by atoms with E-state index in [1.807, 2.05) is 51.1 Å². The van der Waals surface area contributed by atoms with Crippen molar-refractivity contribution < 1.29 is 136 Å². The van der Waals surface area contributed by atoms with E-state index >= 15 is 0 Å². The molecule has 1 unspecified atom stereocenters. The third-order valence-electron chi connectivity index (χ3n) is 14.3. The first-order chi connectivity index (χ1) is 43.2. The summed E-state index contributed by atoms with van der Waals surface area (Å²) in [6.45, 7) is 18.5. The van der Waals surface area contributed by atoms with Crippen LogP contribution in [0.1, 0.15) is 83.1 Å². The predicted octanol–water partition coefficient (Wildman–Crippen LogP) is 1.21. The topological polar surface area (TPSA) is 308 Å². The number of allylic oxidation sites excluding steroid dienone is 3. The number of carbonyl (C=O) groups is 3. The quantitative estimate of drug-likeness (QED) is 0.0252. The van der Waals surface area contributed by atoms with Crippen molar-refractivity contribution in [2.75, 3.05) is 190 Å². The zero-order valence-electron chi connectivity index (χ0n) is 53.9. The van der Waals surface area contributed by atoms with E-state index in [9.17, 15) is 40.3 Å². The summed E-state index contributed by atoms with van der Waals surface area (Å²) in [5.41, 5.74) is 1.35. The van der Waals surface area contributed by atoms with Crippen LogP contribution < -0.4 is 44.4 Å². The predicted molar refractivity (Wildman–Crippen MR) is 327 cm³/mol. The molecule has 5 rings (SSSR count). The number of hydrogen-bond donors (Lipinski definition) is 0. The summed E-state index contributed by atoms with van der Waals surface area (Å²) in [5.74, 6) is -1.55. The Hall–Kier alpha value is -4.12. The molecule has 3 heterocycles. The average molecular weight is 1330 g/mol. The van der Waals surface area contributed by atoms with Gasteiger partial charge in [0.1, 0.15) is 34.9 Å². The first-order valence-electron chi connectivity index (χ1n) is 30.3. The van der Waals surface area contributed by atoms with Gasteiger partial charge in [0, 0.05) is 79.6 Å². The van der Waals surface area contributed by atoms with Crippen molar-refractivity contribution in [3.63, 3.8) is 0 Å². The SMILES string of the molecule is COCCOCCOCCOCCOCCOCC[N+](CCOCCOCCOCCOCCOCCOC)=c1ccc2c(/C=C/C=C3\N(CCCS(=O)(=O)[O-])c4ccc(S(=O)(=O)[O-])cc4C3(C)CCCC(=O)ON3C(=O)CCC3=O)cc(C(C)(C)C)oc-2c1.[Na+]. The second-order valence-electron chi connectivity index (χ2n) is 22.1. The molecule has 29 heteroatoms. The Labute approximate surface area is 557 Å². The van der Waals surface area contributed by atoms with Gasteiger partial charge in [-0.3, -0.25) is 9.59 Å². The van der Waals surface area contributed by atoms with E-state index in [4.69, 9.17) is 66.1 Å². The Kier molecular flexibility index (Phi) is 36.9. The number of anilines is 1. The fourth-order valence-corrected chi connectivity index (χ4v) is 10.6. The van der Waals surface area contributed by atoms with E-state index in [2.05, 4.69) is 4.58 Å². The summed E-state index contributed by atoms with van der Waals surface area (Å²) >= 11 is 0. The Morgan fingerprint density at radius 1 is 0.648 bits per heavy atom. The van der Waals surface area contributed by atoms with Gasteiger partial charge in [0.05, 0.1) is 153 Å². The molecule has 4 aliphatic rings. The van der Waals surface area contributed by atoms with Crippen molar-refractivity contribution in [2.45, 2.75) is 81.9 Å². The van der Waals surface area contributed by atoms with Gasteiger partial charge in [-0.05, 0) is 73.7 Å². The van der Waals surface area contributed by atoms with Crippen LogP contribution in [0.3, 0.4) is 0 Å². The van der Waals surface area contributed by atoms with Crippen LogP contribution in [0.5, 0.6) is 0 Å². The van der Waals surface area contributed by atoms with Crippen molar-refractivity contribution in [2.24, 2.45) is 0 Å². The molecule has 26 nitrogen and oxygen atoms in total. The fraction of sp³-hybridized carbons (Fsp3) is 0.645. The van der Waals surface area contributed by atoms with Crippen molar-refractivity contribution in [1.82, 2.24) is 9.64 Å². The molecule has 506 valence electrons. The molecule has 1 fully saturated rings. The Morgan fingerprint density at radius 2 is 1.12 bits per heavy atom. The molecule has 0 aromatic heterocycles. The van der Waals surface area contributed by atoms with Crippen LogP contribution in [0.4, 0.5) is 5.69 Å². The zero-order valence-corrected chi connectivity index (χ0v) is 57.6. The Morgan fingerprint density at radius 3 is 1.57 bits per heavy atom. The second-order valence-corrected chi connectivity index (χ2v) is 25.0. The van der Waals surface area contributed by atoms with E-state index in [-0.39, 0.29) is 74.6 Å². The third kappa shape index (κ3) is 28.8. The third-order valence-corrected chi connectivity index (χ3v) is 15.9. The minimum atomic E-state index is -4.96. The van der Waals surface area contributed by atoms with E-state index in [0.29, 0.717) is 192 Å². The maximum Gasteiger partial charge on any atom is 1.00 e. The van der Waals surface area contributed by atoms with Crippen molar-refractivity contribution in [3.8, 4) is 11.3 Å². The number of nitrogens with zero attached hydrogens (tertiary/aromatic N) is 3. The molecule has 1 aromatic carbocycles. The Balaban J connectivity index is 0.0000177. The zero-order chi connectivity index (χ0) is 65.3. The van der Waals surface area contributed by atoms with Gasteiger partial charge in [-0.2, -0.15) is 0 Å². The molecular weight excluding hydrogens is 1240 g/mol. The number of rotatable bonds is 48. The number of imide groups is 1. The minimum absolute atomic E-state index is 0. The standard InChI is InChI=1S/C62H93N3O23S2.Na/c1-61(2,3)57-46-49(10-7-11-56-62(4,19-8-12-60(68)88-65-58(66)17-18-59(65)67)53-48-51(90(72,73)74)14-16-54(53)64(56)20-9-45-89(69,70)71)52-15-13-50(47-55(52)87-57)63(21-23-77-29-31-81-37-39-85-43-41-83-35-33-79-27-25-75-5)22-24-78-30-32-82-38-40-86-44-42-84-36-34-80-28-26-76-6;/h7,10-11,13-16,46-48H,8-9,12,17-45H2,1-6H3,(H-,69,70,71,72,73,74);/q;+1/p-1. The fourth-order valence-electron chi connectivity index (χ4n) is 9.60. The number of hydrogen-bond acceptors (Lipinski definition) is 24. The summed E-state index contributed by atoms with van der Waals surface area (Å²) in [7, 11) is -6.34. The molecule has 0 N–H and O–H groups in total. The largest absolute Gasteiger partial charge is 1.00 e. The summed E-state index contributed by atoms with van der Waals surface area (Å²) in [5, 5.41) is 1.30. The van der Waals surface area contributed by atoms with E-state index in [1.54, 1.807) is 38.2 Å². The molecule has 2 amide bonds. The van der Waals surface area contributed by atoms with Gasteiger partial charge in [0.2, 0.25) is 5.36 Å². The van der Waals surface area contributed by atoms with Crippen LogP contribution in [0, 0.1) is 0 Å². The van der Waals surface area contributed by atoms with Crippen LogP contribution in [-0.4, -0.2) is 234 Å². The first kappa shape index (κ1) is 79.3. The summed E-state index contributed by atoms with van der Waals surface area (Å²) in [6.07, 6.45) is 5.21. The Bertz CT molecular complexity index is 2950. The molecule has 1 saturated heterocycles. The monoisotopic (exact) mass is 1330 g/mol. The molecule has 0 spiro atoms. The van der Waals surface area contributed by atoms with Gasteiger partial charge in [-0.15, -0.1) is 5.06 Å². The first-order valence-corrected chi connectivity index (χ1v) is 33.3. The molecule has 1 atom stereocenters. The molecule has 0 radical (unpaired) electrons. The maximum atomic E-state index is 13.0. The summed E-state index contributed by atoms with van der Waals surface area (Å²) in [6, 6.07) is 11.8. The van der Waals surface area contributed by atoms with Crippen LogP contribution in [0.2, 0.25) is 0 Å². The van der Waals surface area contributed by atoms with Gasteiger partial charge in [-0.25, -0.2) is 26.2 Å². The number of benzene rings is 2. The van der Waals surface area contributed by atoms with Gasteiger partial charge in [0.15, 0.2) is 13.1 Å². The number of methoxy groups -OCH3 is 2. The number of hydroxylamine groups is 2. The number of carbonyl (C=O) groups excluding carboxylic acids is 3. The van der Waals surface area contributed by atoms with E-state index < -0.39 is 59.5 Å². The van der Waals surface area contributed by atoms with Gasteiger partial charge in [-0.1, -0.05) is 32.9 Å². The smallest absolute Gasteiger partial charge is 0.748 e. The van der Waals surface area contributed by atoms with Gasteiger partial charge < -0.3 is 80.1 Å².